The third-order valence-electron chi connectivity index (χ3n) is 17.7. The van der Waals surface area contributed by atoms with Gasteiger partial charge in [0.2, 0.25) is 11.8 Å². The highest BCUT2D eigenvalue weighted by Gasteiger charge is 2.44. The number of hydrogen-bond acceptors (Lipinski definition) is 16. The number of aromatic nitrogens is 6. The number of fused-ring (bicyclic) bond motifs is 4. The van der Waals surface area contributed by atoms with Crippen molar-refractivity contribution in [3.8, 4) is 46.6 Å². The number of amides is 2. The maximum Gasteiger partial charge on any atom is 0.319 e. The van der Waals surface area contributed by atoms with Gasteiger partial charge in [-0.3, -0.25) is 29.1 Å². The maximum atomic E-state index is 17.1. The number of nitrogens with one attached hydrogen (secondary N) is 2. The number of piperidine rings is 1. The summed E-state index contributed by atoms with van der Waals surface area (Å²) >= 11 is 0. The average molecular weight is 1130 g/mol. The van der Waals surface area contributed by atoms with E-state index in [-0.39, 0.29) is 88.3 Å². The molecule has 83 heavy (non-hydrogen) atoms. The lowest BCUT2D eigenvalue weighted by Gasteiger charge is -2.38. The average Bonchev–Trinajstić information content (AvgIpc) is 4.31. The number of aliphatic hydroxyl groups excluding tert-OH is 1. The van der Waals surface area contributed by atoms with Crippen molar-refractivity contribution in [2.75, 3.05) is 88.4 Å². The number of hydrogen-bond donors (Lipinski definition) is 4. The Bertz CT molecular complexity index is 3560. The van der Waals surface area contributed by atoms with Gasteiger partial charge in [0, 0.05) is 114 Å². The number of aliphatic hydroxyl groups is 1. The number of phenols is 1. The SMILES string of the molecule is C#Cc1c(F)ccc2cc(O)cc(-c3ncc4c(N5CC6CCC(C5)N6)nc(OCCN5CCC(CN6CCN(c7cc([C@@H](C(=O)N8C[C@H](O)C[C@H]8C(=O)N[C@@H](C)c8ccc(-c9ccnn9C)cc8)C(C)C)on7)CC6)CC5)nc4c3F)c12. The van der Waals surface area contributed by atoms with E-state index in [1.54, 1.807) is 12.4 Å². The number of ether oxygens (including phenoxy) is 1. The number of carbonyl (C=O) groups is 2. The van der Waals surface area contributed by atoms with Crippen molar-refractivity contribution in [1.29, 1.82) is 0 Å². The van der Waals surface area contributed by atoms with Gasteiger partial charge in [0.15, 0.2) is 17.4 Å². The van der Waals surface area contributed by atoms with Crippen LogP contribution in [0.3, 0.4) is 0 Å². The number of aryl methyl sites for hydroxylation is 1. The fourth-order valence-electron chi connectivity index (χ4n) is 13.2. The van der Waals surface area contributed by atoms with Crippen LogP contribution in [0.4, 0.5) is 20.4 Å². The summed E-state index contributed by atoms with van der Waals surface area (Å²) < 4.78 is 46.2. The minimum Gasteiger partial charge on any atom is -0.508 e. The van der Waals surface area contributed by atoms with Crippen molar-refractivity contribution >= 4 is 45.1 Å². The zero-order chi connectivity index (χ0) is 57.6. The molecule has 4 aromatic heterocycles. The van der Waals surface area contributed by atoms with Crippen LogP contribution in [0.5, 0.6) is 11.8 Å². The molecule has 0 radical (unpaired) electrons. The van der Waals surface area contributed by atoms with E-state index in [9.17, 15) is 19.8 Å². The van der Waals surface area contributed by atoms with Crippen molar-refractivity contribution in [1.82, 2.24) is 55.2 Å². The fraction of sp³-hybridized carbons (Fsp3) is 0.468. The summed E-state index contributed by atoms with van der Waals surface area (Å²) in [5, 5.41) is 38.1. The lowest BCUT2D eigenvalue weighted by atomic mass is 9.91. The summed E-state index contributed by atoms with van der Waals surface area (Å²) in [4.78, 5) is 53.1. The highest BCUT2D eigenvalue weighted by atomic mass is 19.1. The predicted octanol–water partition coefficient (Wildman–Crippen LogP) is 6.63. The summed E-state index contributed by atoms with van der Waals surface area (Å²) in [6.07, 6.45) is 12.5. The van der Waals surface area contributed by atoms with Gasteiger partial charge < -0.3 is 44.8 Å². The summed E-state index contributed by atoms with van der Waals surface area (Å²) in [5.41, 5.74) is 2.90. The van der Waals surface area contributed by atoms with Gasteiger partial charge in [0.1, 0.15) is 47.2 Å². The number of halogens is 2. The summed E-state index contributed by atoms with van der Waals surface area (Å²) in [5.74, 6) is 1.62. The summed E-state index contributed by atoms with van der Waals surface area (Å²) in [7, 11) is 1.89. The first kappa shape index (κ1) is 55.7. The van der Waals surface area contributed by atoms with Crippen molar-refractivity contribution in [2.45, 2.75) is 89.1 Å². The number of anilines is 2. The molecule has 2 amide bonds. The second-order valence-corrected chi connectivity index (χ2v) is 23.5. The molecule has 2 bridgehead atoms. The minimum atomic E-state index is -0.834. The van der Waals surface area contributed by atoms with Crippen molar-refractivity contribution in [3.05, 3.63) is 102 Å². The molecule has 9 heterocycles. The molecule has 21 heteroatoms. The summed E-state index contributed by atoms with van der Waals surface area (Å²) in [6.45, 7) is 14.2. The first-order chi connectivity index (χ1) is 40.2. The van der Waals surface area contributed by atoms with Crippen molar-refractivity contribution < 1.29 is 37.8 Å². The number of likely N-dealkylation sites (tertiary alicyclic amines) is 2. The number of aromatic hydroxyl groups is 1. The Balaban J connectivity index is 0.638. The van der Waals surface area contributed by atoms with Crippen LogP contribution in [0.2, 0.25) is 0 Å². The Hall–Kier alpha value is -7.77. The number of benzene rings is 3. The highest BCUT2D eigenvalue weighted by molar-refractivity contribution is 6.03. The standard InChI is InChI=1S/C62H71F2N13O6/c1-6-46-49(63)14-11-41-27-44(78)28-47(55(41)46)57-56(64)58-48(31-65-57)59(76-33-42-12-13-43(34-76)68-42)70-62(69-58)82-26-25-73-19-16-38(17-20-73)32-74-21-23-75(24-22-74)53-30-52(83-71-53)54(36(2)3)61(81)77-35-45(79)29-51(77)60(80)67-37(4)39-7-9-40(10-8-39)50-15-18-66-72(50)5/h1,7-11,14-15,18,27-28,30-31,36-38,42-43,45,51,54,68,78-79H,12-13,16-17,19-26,29,32-35H2,2-5H3,(H,67,80)/t37-,42?,43?,45+,51-,54-/m0/s1. The lowest BCUT2D eigenvalue weighted by Crippen LogP contribution is -2.51. The molecule has 3 aromatic carbocycles. The molecule has 0 spiro atoms. The zero-order valence-electron chi connectivity index (χ0n) is 47.3. The van der Waals surface area contributed by atoms with E-state index < -0.39 is 29.7 Å². The Labute approximate surface area is 481 Å². The third-order valence-corrected chi connectivity index (χ3v) is 17.7. The van der Waals surface area contributed by atoms with Gasteiger partial charge in [0.25, 0.3) is 0 Å². The van der Waals surface area contributed by atoms with Gasteiger partial charge in [0.05, 0.1) is 28.8 Å². The topological polar surface area (TPSA) is 207 Å². The number of piperazine rings is 2. The highest BCUT2D eigenvalue weighted by Crippen LogP contribution is 2.40. The molecule has 2 unspecified atom stereocenters. The van der Waals surface area contributed by atoms with Gasteiger partial charge in [-0.05, 0) is 98.3 Å². The van der Waals surface area contributed by atoms with Crippen LogP contribution in [0.15, 0.2) is 77.6 Å². The first-order valence-corrected chi connectivity index (χ1v) is 29.1. The molecule has 5 aliphatic heterocycles. The monoisotopic (exact) mass is 1130 g/mol. The fourth-order valence-corrected chi connectivity index (χ4v) is 13.2. The number of rotatable bonds is 16. The van der Waals surface area contributed by atoms with Gasteiger partial charge in [-0.25, -0.2) is 8.78 Å². The summed E-state index contributed by atoms with van der Waals surface area (Å²) in [6, 6.07) is 16.7. The quantitative estimate of drug-likeness (QED) is 0.0750. The van der Waals surface area contributed by atoms with Gasteiger partial charge >= 0.3 is 6.01 Å². The van der Waals surface area contributed by atoms with Gasteiger partial charge in [-0.2, -0.15) is 15.1 Å². The molecule has 434 valence electrons. The number of carbonyl (C=O) groups excluding carboxylic acids is 2. The third kappa shape index (κ3) is 11.4. The van der Waals surface area contributed by atoms with Crippen molar-refractivity contribution in [3.63, 3.8) is 0 Å². The second kappa shape index (κ2) is 23.5. The van der Waals surface area contributed by atoms with Crippen LogP contribution in [0.1, 0.15) is 81.7 Å². The molecule has 12 rings (SSSR count). The molecule has 0 saturated carbocycles. The predicted molar refractivity (Wildman–Crippen MR) is 311 cm³/mol. The number of terminal acetylenes is 1. The van der Waals surface area contributed by atoms with Crippen LogP contribution < -0.4 is 25.2 Å². The van der Waals surface area contributed by atoms with Crippen LogP contribution in [-0.2, 0) is 16.6 Å². The maximum absolute atomic E-state index is 17.1. The molecule has 5 fully saturated rings. The first-order valence-electron chi connectivity index (χ1n) is 29.1. The largest absolute Gasteiger partial charge is 0.508 e. The van der Waals surface area contributed by atoms with Crippen LogP contribution in [0.25, 0.3) is 44.2 Å². The molecule has 4 N–H and O–H groups in total. The van der Waals surface area contributed by atoms with E-state index >= 15 is 8.78 Å². The van der Waals surface area contributed by atoms with Crippen LogP contribution in [-0.4, -0.2) is 169 Å². The van der Waals surface area contributed by atoms with E-state index in [4.69, 9.17) is 20.7 Å². The zero-order valence-corrected chi connectivity index (χ0v) is 47.3. The van der Waals surface area contributed by atoms with E-state index in [0.717, 1.165) is 88.3 Å². The second-order valence-electron chi connectivity index (χ2n) is 23.5. The van der Waals surface area contributed by atoms with Crippen molar-refractivity contribution in [2.24, 2.45) is 18.9 Å². The number of nitrogens with zero attached hydrogens (tertiary/aromatic N) is 11. The molecular formula is C62H71F2N13O6. The number of β-amino-alcohol motifs (C(OH)–C–C–N with tert-alkyl or cyclic N) is 1. The minimum absolute atomic E-state index is 0.0129. The molecule has 6 atom stereocenters. The van der Waals surface area contributed by atoms with E-state index in [0.29, 0.717) is 60.3 Å². The Morgan fingerprint density at radius 2 is 1.67 bits per heavy atom. The molecule has 5 aliphatic rings. The Kier molecular flexibility index (Phi) is 15.8. The smallest absolute Gasteiger partial charge is 0.319 e. The Morgan fingerprint density at radius 3 is 2.39 bits per heavy atom. The van der Waals surface area contributed by atoms with Gasteiger partial charge in [-0.15, -0.1) is 6.42 Å². The molecular weight excluding hydrogens is 1060 g/mol. The molecule has 19 nitrogen and oxygen atoms in total. The van der Waals surface area contributed by atoms with E-state index in [2.05, 4.69) is 56.4 Å². The molecule has 5 saturated heterocycles. The lowest BCUT2D eigenvalue weighted by molar-refractivity contribution is -0.141. The van der Waals surface area contributed by atoms with E-state index in [1.165, 1.54) is 29.2 Å². The van der Waals surface area contributed by atoms with Crippen LogP contribution in [0, 0.1) is 35.8 Å². The molecule has 7 aromatic rings. The number of phenolic OH excluding ortho intramolecular Hbond substituents is 1. The van der Waals surface area contributed by atoms with Crippen LogP contribution >= 0.6 is 0 Å². The van der Waals surface area contributed by atoms with Gasteiger partial charge in [-0.1, -0.05) is 55.3 Å². The molecule has 0 aliphatic carbocycles. The Morgan fingerprint density at radius 1 is 0.916 bits per heavy atom. The van der Waals surface area contributed by atoms with E-state index in [1.807, 2.05) is 68.9 Å². The normalized spacial score (nSPS) is 21.5. The number of pyridine rings is 1.